The van der Waals surface area contributed by atoms with E-state index in [-0.39, 0.29) is 22.5 Å². The van der Waals surface area contributed by atoms with E-state index in [9.17, 15) is 9.90 Å². The first kappa shape index (κ1) is 19.4. The highest BCUT2D eigenvalue weighted by atomic mass is 16.5. The molecule has 0 radical (unpaired) electrons. The van der Waals surface area contributed by atoms with E-state index in [1.807, 2.05) is 0 Å². The molecule has 1 aromatic carbocycles. The van der Waals surface area contributed by atoms with Crippen LogP contribution in [0, 0.1) is 17.3 Å². The van der Waals surface area contributed by atoms with Gasteiger partial charge in [-0.3, -0.25) is 4.79 Å². The Morgan fingerprint density at radius 1 is 1.19 bits per heavy atom. The summed E-state index contributed by atoms with van der Waals surface area (Å²) >= 11 is 0. The lowest BCUT2D eigenvalue weighted by Gasteiger charge is -2.58. The van der Waals surface area contributed by atoms with Gasteiger partial charge in [0.25, 0.3) is 0 Å². The number of carbonyl (C=O) groups excluding carboxylic acids is 1. The summed E-state index contributed by atoms with van der Waals surface area (Å²) in [4.78, 5) is 16.7. The second-order valence-corrected chi connectivity index (χ2v) is 11.1. The minimum Gasteiger partial charge on any atom is -0.479 e. The number of allylic oxidation sites excluding steroid dienone is 2. The standard InChI is InChI=1S/C27H31NO3/c1-25(2,30)24-21(29)14-18-19-10-9-15-13-17-16-7-5-6-8-20(16)28-23(17)27(15,4)26(19,3)12-11-22(18)31-24/h5-8,11,14-15,19,24,28,30H,9-10,12-13H2,1-4H3/t15-,19?,24-,26-,27+/m0/s1. The first-order chi connectivity index (χ1) is 14.6. The fraction of sp³-hybridized carbons (Fsp3) is 0.519. The molecule has 1 unspecified atom stereocenters. The van der Waals surface area contributed by atoms with Crippen molar-refractivity contribution in [1.29, 1.82) is 0 Å². The lowest BCUT2D eigenvalue weighted by atomic mass is 9.46. The molecule has 0 saturated heterocycles. The summed E-state index contributed by atoms with van der Waals surface area (Å²) in [6, 6.07) is 8.66. The third-order valence-electron chi connectivity index (χ3n) is 9.17. The Balaban J connectivity index is 1.48. The maximum atomic E-state index is 12.9. The largest absolute Gasteiger partial charge is 0.479 e. The number of fused-ring (bicyclic) bond motifs is 9. The number of rotatable bonds is 1. The van der Waals surface area contributed by atoms with Crippen LogP contribution in [0.1, 0.15) is 58.2 Å². The molecule has 4 nitrogen and oxygen atoms in total. The summed E-state index contributed by atoms with van der Waals surface area (Å²) < 4.78 is 6.11. The molecule has 1 fully saturated rings. The van der Waals surface area contributed by atoms with E-state index >= 15 is 0 Å². The molecule has 1 aromatic heterocycles. The van der Waals surface area contributed by atoms with Crippen molar-refractivity contribution < 1.29 is 14.6 Å². The molecule has 0 amide bonds. The van der Waals surface area contributed by atoms with Crippen LogP contribution in [0.3, 0.4) is 0 Å². The molecule has 0 spiro atoms. The molecule has 2 N–H and O–H groups in total. The molecule has 3 aliphatic carbocycles. The lowest BCUT2D eigenvalue weighted by Crippen LogP contribution is -2.56. The van der Waals surface area contributed by atoms with E-state index in [2.05, 4.69) is 49.2 Å². The van der Waals surface area contributed by atoms with Crippen LogP contribution in [0.2, 0.25) is 0 Å². The van der Waals surface area contributed by atoms with Crippen LogP contribution in [0.25, 0.3) is 10.9 Å². The lowest BCUT2D eigenvalue weighted by molar-refractivity contribution is -0.139. The van der Waals surface area contributed by atoms with E-state index in [0.29, 0.717) is 5.92 Å². The Kier molecular flexibility index (Phi) is 3.70. The molecule has 31 heavy (non-hydrogen) atoms. The van der Waals surface area contributed by atoms with Gasteiger partial charge in [-0.2, -0.15) is 0 Å². The van der Waals surface area contributed by atoms with E-state index in [1.54, 1.807) is 19.9 Å². The first-order valence-electron chi connectivity index (χ1n) is 11.6. The third-order valence-corrected chi connectivity index (χ3v) is 9.17. The molecule has 5 atom stereocenters. The van der Waals surface area contributed by atoms with E-state index in [0.717, 1.165) is 37.0 Å². The zero-order valence-corrected chi connectivity index (χ0v) is 18.8. The number of hydrogen-bond donors (Lipinski definition) is 2. The highest BCUT2D eigenvalue weighted by Gasteiger charge is 2.63. The number of aromatic nitrogens is 1. The van der Waals surface area contributed by atoms with Gasteiger partial charge in [0.1, 0.15) is 11.4 Å². The number of H-pyrrole nitrogens is 1. The van der Waals surface area contributed by atoms with Crippen LogP contribution in [0.4, 0.5) is 0 Å². The fourth-order valence-corrected chi connectivity index (χ4v) is 7.34. The summed E-state index contributed by atoms with van der Waals surface area (Å²) in [6.07, 6.45) is 7.41. The number of aliphatic hydroxyl groups is 1. The number of nitrogens with one attached hydrogen (secondary N) is 1. The summed E-state index contributed by atoms with van der Waals surface area (Å²) in [5.74, 6) is 1.58. The summed E-state index contributed by atoms with van der Waals surface area (Å²) in [6.45, 7) is 8.16. The van der Waals surface area contributed by atoms with Crippen LogP contribution in [-0.4, -0.2) is 27.6 Å². The second-order valence-electron chi connectivity index (χ2n) is 11.1. The predicted octanol–water partition coefficient (Wildman–Crippen LogP) is 4.97. The van der Waals surface area contributed by atoms with Gasteiger partial charge in [-0.25, -0.2) is 0 Å². The second kappa shape index (κ2) is 5.92. The van der Waals surface area contributed by atoms with Gasteiger partial charge in [-0.1, -0.05) is 32.0 Å². The Morgan fingerprint density at radius 3 is 2.74 bits per heavy atom. The van der Waals surface area contributed by atoms with E-state index in [1.165, 1.54) is 22.2 Å². The van der Waals surface area contributed by atoms with E-state index < -0.39 is 11.7 Å². The monoisotopic (exact) mass is 417 g/mol. The number of hydrogen-bond acceptors (Lipinski definition) is 3. The van der Waals surface area contributed by atoms with Gasteiger partial charge in [0.05, 0.1) is 0 Å². The van der Waals surface area contributed by atoms with Crippen LogP contribution in [0.5, 0.6) is 0 Å². The van der Waals surface area contributed by atoms with Crippen molar-refractivity contribution >= 4 is 16.7 Å². The molecule has 0 bridgehead atoms. The van der Waals surface area contributed by atoms with Crippen molar-refractivity contribution in [3.8, 4) is 0 Å². The molecule has 4 aliphatic rings. The van der Waals surface area contributed by atoms with Crippen molar-refractivity contribution in [2.75, 3.05) is 0 Å². The van der Waals surface area contributed by atoms with Crippen molar-refractivity contribution in [1.82, 2.24) is 4.98 Å². The Labute approximate surface area is 183 Å². The normalized spacial score (nSPS) is 36.7. The number of aromatic amines is 1. The van der Waals surface area contributed by atoms with E-state index in [4.69, 9.17) is 4.74 Å². The molecule has 162 valence electrons. The van der Waals surface area contributed by atoms with Gasteiger partial charge in [0.2, 0.25) is 0 Å². The third kappa shape index (κ3) is 2.32. The number of carbonyl (C=O) groups is 1. The summed E-state index contributed by atoms with van der Waals surface area (Å²) in [7, 11) is 0. The average molecular weight is 418 g/mol. The SMILES string of the molecule is CC(C)(O)[C@H]1OC2=CC[C@@]3(C)C(CC[C@H]4Cc5c([nH]c6ccccc56)[C@@]43C)C2=CC1=O. The smallest absolute Gasteiger partial charge is 0.199 e. The Bertz CT molecular complexity index is 1180. The number of para-hydroxylation sites is 1. The van der Waals surface area contributed by atoms with Crippen LogP contribution in [-0.2, 0) is 21.4 Å². The van der Waals surface area contributed by atoms with Gasteiger partial charge < -0.3 is 14.8 Å². The van der Waals surface area contributed by atoms with Crippen molar-refractivity contribution in [2.45, 2.75) is 70.5 Å². The van der Waals surface area contributed by atoms with Gasteiger partial charge in [0.15, 0.2) is 11.9 Å². The maximum absolute atomic E-state index is 12.9. The van der Waals surface area contributed by atoms with Crippen molar-refractivity contribution in [2.24, 2.45) is 17.3 Å². The highest BCUT2D eigenvalue weighted by Crippen LogP contribution is 2.67. The molecule has 2 aromatic rings. The maximum Gasteiger partial charge on any atom is 0.199 e. The van der Waals surface area contributed by atoms with Gasteiger partial charge in [0, 0.05) is 27.6 Å². The summed E-state index contributed by atoms with van der Waals surface area (Å²) in [5.41, 5.74) is 3.99. The van der Waals surface area contributed by atoms with Crippen LogP contribution < -0.4 is 0 Å². The zero-order valence-electron chi connectivity index (χ0n) is 18.8. The molecule has 1 aliphatic heterocycles. The molecule has 1 saturated carbocycles. The first-order valence-corrected chi connectivity index (χ1v) is 11.6. The number of benzene rings is 1. The molecule has 4 heteroatoms. The van der Waals surface area contributed by atoms with Gasteiger partial charge in [-0.15, -0.1) is 0 Å². The quantitative estimate of drug-likeness (QED) is 0.689. The summed E-state index contributed by atoms with van der Waals surface area (Å²) in [5, 5.41) is 11.8. The van der Waals surface area contributed by atoms with Crippen molar-refractivity contribution in [3.05, 3.63) is 59.0 Å². The van der Waals surface area contributed by atoms with Crippen LogP contribution in [0.15, 0.2) is 47.7 Å². The molecular weight excluding hydrogens is 386 g/mol. The predicted molar refractivity (Wildman–Crippen MR) is 121 cm³/mol. The van der Waals surface area contributed by atoms with Crippen molar-refractivity contribution in [3.63, 3.8) is 0 Å². The number of ketones is 1. The Hall–Kier alpha value is -2.33. The van der Waals surface area contributed by atoms with Gasteiger partial charge in [-0.05, 0) is 80.6 Å². The minimum atomic E-state index is -1.20. The molecule has 6 rings (SSSR count). The zero-order chi connectivity index (χ0) is 21.8. The average Bonchev–Trinajstić information content (AvgIpc) is 3.22. The topological polar surface area (TPSA) is 62.3 Å². The van der Waals surface area contributed by atoms with Gasteiger partial charge >= 0.3 is 0 Å². The van der Waals surface area contributed by atoms with Crippen LogP contribution >= 0.6 is 0 Å². The highest BCUT2D eigenvalue weighted by molar-refractivity contribution is 5.97. The number of ether oxygens (including phenoxy) is 1. The molecule has 2 heterocycles. The minimum absolute atomic E-state index is 0.00256. The fourth-order valence-electron chi connectivity index (χ4n) is 7.34. The Morgan fingerprint density at radius 2 is 1.97 bits per heavy atom. The molecular formula is C27H31NO3.